The highest BCUT2D eigenvalue weighted by Crippen LogP contribution is 2.33. The summed E-state index contributed by atoms with van der Waals surface area (Å²) in [6, 6.07) is 8.51. The summed E-state index contributed by atoms with van der Waals surface area (Å²) in [5.74, 6) is 1.91. The molecule has 1 aromatic carbocycles. The van der Waals surface area contributed by atoms with Crippen LogP contribution in [0.2, 0.25) is 0 Å². The van der Waals surface area contributed by atoms with Gasteiger partial charge < -0.3 is 4.90 Å². The fraction of sp³-hybridized carbons (Fsp3) is 0.333. The van der Waals surface area contributed by atoms with Crippen molar-refractivity contribution in [2.24, 2.45) is 5.92 Å². The van der Waals surface area contributed by atoms with Crippen molar-refractivity contribution in [2.45, 2.75) is 19.2 Å². The van der Waals surface area contributed by atoms with E-state index in [1.54, 1.807) is 6.20 Å². The molecule has 98 valence electrons. The highest BCUT2D eigenvalue weighted by atomic mass is 35.5. The van der Waals surface area contributed by atoms with Gasteiger partial charge in [0.05, 0.1) is 24.0 Å². The Morgan fingerprint density at radius 3 is 2.84 bits per heavy atom. The van der Waals surface area contributed by atoms with E-state index in [2.05, 4.69) is 46.1 Å². The highest BCUT2D eigenvalue weighted by molar-refractivity contribution is 6.16. The van der Waals surface area contributed by atoms with Crippen molar-refractivity contribution in [3.05, 3.63) is 47.9 Å². The number of anilines is 2. The summed E-state index contributed by atoms with van der Waals surface area (Å²) in [5, 5.41) is 0. The van der Waals surface area contributed by atoms with Gasteiger partial charge in [0.15, 0.2) is 5.82 Å². The minimum absolute atomic E-state index is 0.403. The second-order valence-electron chi connectivity index (χ2n) is 5.05. The standard InChI is InChI=1S/C15H16ClN3/c1-11-6-12-4-2-3-5-14(12)19(10-11)15-9-17-13(7-16)8-18-15/h2-5,8-9,11H,6-7,10H2,1H3. The zero-order valence-corrected chi connectivity index (χ0v) is 11.6. The van der Waals surface area contributed by atoms with Gasteiger partial charge in [-0.25, -0.2) is 4.98 Å². The van der Waals surface area contributed by atoms with Crippen molar-refractivity contribution >= 4 is 23.1 Å². The number of hydrogen-bond donors (Lipinski definition) is 0. The first-order valence-corrected chi connectivity index (χ1v) is 7.03. The summed E-state index contributed by atoms with van der Waals surface area (Å²) in [5.41, 5.74) is 3.43. The molecule has 4 heteroatoms. The SMILES string of the molecule is CC1Cc2ccccc2N(c2cnc(CCl)cn2)C1. The highest BCUT2D eigenvalue weighted by Gasteiger charge is 2.23. The molecule has 0 bridgehead atoms. The summed E-state index contributed by atoms with van der Waals surface area (Å²) in [6.45, 7) is 3.25. The van der Waals surface area contributed by atoms with Crippen LogP contribution in [0.25, 0.3) is 0 Å². The van der Waals surface area contributed by atoms with Crippen LogP contribution >= 0.6 is 11.6 Å². The average Bonchev–Trinajstić information content (AvgIpc) is 2.46. The van der Waals surface area contributed by atoms with E-state index in [0.717, 1.165) is 24.5 Å². The number of benzene rings is 1. The molecule has 1 atom stereocenters. The van der Waals surface area contributed by atoms with Gasteiger partial charge in [-0.15, -0.1) is 11.6 Å². The molecule has 1 aliphatic heterocycles. The molecular formula is C15H16ClN3. The minimum Gasteiger partial charge on any atom is -0.325 e. The third-order valence-electron chi connectivity index (χ3n) is 3.45. The van der Waals surface area contributed by atoms with Gasteiger partial charge in [0.1, 0.15) is 0 Å². The Morgan fingerprint density at radius 2 is 2.11 bits per heavy atom. The smallest absolute Gasteiger partial charge is 0.151 e. The molecule has 3 rings (SSSR count). The first kappa shape index (κ1) is 12.4. The van der Waals surface area contributed by atoms with Crippen molar-refractivity contribution in [1.29, 1.82) is 0 Å². The Hall–Kier alpha value is -1.61. The fourth-order valence-corrected chi connectivity index (χ4v) is 2.71. The van der Waals surface area contributed by atoms with E-state index in [9.17, 15) is 0 Å². The molecular weight excluding hydrogens is 258 g/mol. The number of alkyl halides is 1. The Balaban J connectivity index is 1.99. The average molecular weight is 274 g/mol. The number of fused-ring (bicyclic) bond motifs is 1. The lowest BCUT2D eigenvalue weighted by Gasteiger charge is -2.33. The van der Waals surface area contributed by atoms with Crippen LogP contribution in [0.15, 0.2) is 36.7 Å². The van der Waals surface area contributed by atoms with Gasteiger partial charge in [-0.2, -0.15) is 0 Å². The zero-order chi connectivity index (χ0) is 13.2. The maximum atomic E-state index is 5.75. The fourth-order valence-electron chi connectivity index (χ4n) is 2.57. The van der Waals surface area contributed by atoms with Crippen LogP contribution in [0, 0.1) is 5.92 Å². The molecule has 1 aliphatic rings. The van der Waals surface area contributed by atoms with Crippen molar-refractivity contribution in [3.8, 4) is 0 Å². The van der Waals surface area contributed by atoms with Gasteiger partial charge in [0.2, 0.25) is 0 Å². The van der Waals surface area contributed by atoms with Crippen molar-refractivity contribution in [3.63, 3.8) is 0 Å². The van der Waals surface area contributed by atoms with Crippen molar-refractivity contribution < 1.29 is 0 Å². The van der Waals surface area contributed by atoms with Gasteiger partial charge in [0, 0.05) is 12.2 Å². The van der Waals surface area contributed by atoms with E-state index in [4.69, 9.17) is 11.6 Å². The van der Waals surface area contributed by atoms with Gasteiger partial charge in [-0.05, 0) is 24.0 Å². The number of rotatable bonds is 2. The van der Waals surface area contributed by atoms with E-state index < -0.39 is 0 Å². The molecule has 0 fully saturated rings. The molecule has 2 aromatic rings. The lowest BCUT2D eigenvalue weighted by atomic mass is 9.94. The zero-order valence-electron chi connectivity index (χ0n) is 10.9. The van der Waals surface area contributed by atoms with E-state index in [1.807, 2.05) is 6.20 Å². The number of aromatic nitrogens is 2. The first-order valence-electron chi connectivity index (χ1n) is 6.50. The molecule has 1 aromatic heterocycles. The minimum atomic E-state index is 0.403. The molecule has 0 aliphatic carbocycles. The van der Waals surface area contributed by atoms with Crippen LogP contribution in [0.1, 0.15) is 18.2 Å². The number of para-hydroxylation sites is 1. The van der Waals surface area contributed by atoms with Crippen molar-refractivity contribution in [2.75, 3.05) is 11.4 Å². The van der Waals surface area contributed by atoms with Gasteiger partial charge in [0.25, 0.3) is 0 Å². The Kier molecular flexibility index (Phi) is 3.38. The largest absolute Gasteiger partial charge is 0.325 e. The van der Waals surface area contributed by atoms with E-state index >= 15 is 0 Å². The molecule has 3 nitrogen and oxygen atoms in total. The summed E-state index contributed by atoms with van der Waals surface area (Å²) >= 11 is 5.75. The monoisotopic (exact) mass is 273 g/mol. The molecule has 0 radical (unpaired) electrons. The molecule has 2 heterocycles. The topological polar surface area (TPSA) is 29.0 Å². The van der Waals surface area contributed by atoms with Crippen LogP contribution in [0.4, 0.5) is 11.5 Å². The lowest BCUT2D eigenvalue weighted by molar-refractivity contribution is 0.559. The quantitative estimate of drug-likeness (QED) is 0.784. The van der Waals surface area contributed by atoms with Crippen LogP contribution in [0.3, 0.4) is 0 Å². The Bertz CT molecular complexity index is 568. The molecule has 0 saturated carbocycles. The molecule has 0 N–H and O–H groups in total. The van der Waals surface area contributed by atoms with Crippen LogP contribution in [0.5, 0.6) is 0 Å². The number of halogens is 1. The Morgan fingerprint density at radius 1 is 1.26 bits per heavy atom. The van der Waals surface area contributed by atoms with Crippen molar-refractivity contribution in [1.82, 2.24) is 9.97 Å². The molecule has 0 spiro atoms. The van der Waals surface area contributed by atoms with Gasteiger partial charge >= 0.3 is 0 Å². The van der Waals surface area contributed by atoms with E-state index in [-0.39, 0.29) is 0 Å². The Labute approximate surface area is 118 Å². The predicted octanol–water partition coefficient (Wildman–Crippen LogP) is 3.55. The van der Waals surface area contributed by atoms with E-state index in [0.29, 0.717) is 11.8 Å². The maximum Gasteiger partial charge on any atom is 0.151 e. The molecule has 19 heavy (non-hydrogen) atoms. The summed E-state index contributed by atoms with van der Waals surface area (Å²) in [4.78, 5) is 11.1. The lowest BCUT2D eigenvalue weighted by Crippen LogP contribution is -2.31. The van der Waals surface area contributed by atoms with E-state index in [1.165, 1.54) is 11.3 Å². The number of hydrogen-bond acceptors (Lipinski definition) is 3. The maximum absolute atomic E-state index is 5.75. The second kappa shape index (κ2) is 5.17. The third kappa shape index (κ3) is 2.43. The number of nitrogens with zero attached hydrogens (tertiary/aromatic N) is 3. The predicted molar refractivity (Wildman–Crippen MR) is 77.9 cm³/mol. The van der Waals surface area contributed by atoms with Crippen LogP contribution in [-0.4, -0.2) is 16.5 Å². The van der Waals surface area contributed by atoms with Gasteiger partial charge in [-0.1, -0.05) is 25.1 Å². The summed E-state index contributed by atoms with van der Waals surface area (Å²) < 4.78 is 0. The first-order chi connectivity index (χ1) is 9.28. The van der Waals surface area contributed by atoms with Crippen LogP contribution < -0.4 is 4.90 Å². The van der Waals surface area contributed by atoms with Gasteiger partial charge in [-0.3, -0.25) is 4.98 Å². The normalized spacial score (nSPS) is 18.2. The summed E-state index contributed by atoms with van der Waals surface area (Å²) in [7, 11) is 0. The third-order valence-corrected chi connectivity index (χ3v) is 3.72. The molecule has 0 saturated heterocycles. The second-order valence-corrected chi connectivity index (χ2v) is 5.32. The van der Waals surface area contributed by atoms with Crippen LogP contribution in [-0.2, 0) is 12.3 Å². The molecule has 0 amide bonds. The molecule has 1 unspecified atom stereocenters. The summed E-state index contributed by atoms with van der Waals surface area (Å²) in [6.07, 6.45) is 4.69.